The lowest BCUT2D eigenvalue weighted by Crippen LogP contribution is -2.28. The van der Waals surface area contributed by atoms with Crippen molar-refractivity contribution in [1.29, 1.82) is 0 Å². The summed E-state index contributed by atoms with van der Waals surface area (Å²) in [6.07, 6.45) is 0. The van der Waals surface area contributed by atoms with Crippen molar-refractivity contribution in [2.45, 2.75) is 5.41 Å². The van der Waals surface area contributed by atoms with Crippen molar-refractivity contribution in [3.63, 3.8) is 0 Å². The molecule has 43 heavy (non-hydrogen) atoms. The highest BCUT2D eigenvalue weighted by Crippen LogP contribution is 2.61. The number of nitrogens with zero attached hydrogens (tertiary/aromatic N) is 1. The molecular formula is C39H25Br2NS. The van der Waals surface area contributed by atoms with E-state index >= 15 is 0 Å². The Hall–Kier alpha value is -3.96. The summed E-state index contributed by atoms with van der Waals surface area (Å²) in [5.74, 6) is 0. The lowest BCUT2D eigenvalue weighted by atomic mass is 9.67. The summed E-state index contributed by atoms with van der Waals surface area (Å²) in [7, 11) is 0. The Morgan fingerprint density at radius 2 is 1.05 bits per heavy atom. The molecule has 0 fully saturated rings. The average Bonchev–Trinajstić information content (AvgIpc) is 3.57. The molecule has 4 heteroatoms. The first-order valence-corrected chi connectivity index (χ1v) is 16.6. The first-order valence-electron chi connectivity index (χ1n) is 14.2. The third-order valence-electron chi connectivity index (χ3n) is 8.46. The molecule has 0 saturated heterocycles. The van der Waals surface area contributed by atoms with Crippen LogP contribution in [-0.2, 0) is 5.41 Å². The number of thiophene rings is 1. The van der Waals surface area contributed by atoms with Crippen LogP contribution in [0, 0.1) is 0 Å². The number of para-hydroxylation sites is 2. The van der Waals surface area contributed by atoms with Crippen LogP contribution in [0.2, 0.25) is 0 Å². The second-order valence-electron chi connectivity index (χ2n) is 10.8. The molecule has 7 aromatic rings. The van der Waals surface area contributed by atoms with Crippen molar-refractivity contribution in [2.24, 2.45) is 0 Å². The van der Waals surface area contributed by atoms with Gasteiger partial charge >= 0.3 is 0 Å². The van der Waals surface area contributed by atoms with E-state index in [1.807, 2.05) is 11.3 Å². The van der Waals surface area contributed by atoms with Gasteiger partial charge in [0.2, 0.25) is 0 Å². The van der Waals surface area contributed by atoms with Gasteiger partial charge < -0.3 is 4.90 Å². The molecule has 0 unspecified atom stereocenters. The number of rotatable bonds is 5. The molecule has 0 atom stereocenters. The minimum atomic E-state index is -0.499. The van der Waals surface area contributed by atoms with E-state index in [-0.39, 0.29) is 0 Å². The second kappa shape index (κ2) is 10.6. The van der Waals surface area contributed by atoms with E-state index in [4.69, 9.17) is 0 Å². The van der Waals surface area contributed by atoms with E-state index in [9.17, 15) is 0 Å². The van der Waals surface area contributed by atoms with E-state index in [0.29, 0.717) is 0 Å². The monoisotopic (exact) mass is 697 g/mol. The molecule has 0 aliphatic heterocycles. The summed E-state index contributed by atoms with van der Waals surface area (Å²) in [4.78, 5) is 3.71. The van der Waals surface area contributed by atoms with Gasteiger partial charge in [-0.25, -0.2) is 0 Å². The fourth-order valence-corrected chi connectivity index (χ4v) is 8.52. The third-order valence-corrected chi connectivity index (χ3v) is 10.7. The normalized spacial score (nSPS) is 13.1. The first-order chi connectivity index (χ1) is 21.1. The molecule has 1 aromatic heterocycles. The summed E-state index contributed by atoms with van der Waals surface area (Å²) >= 11 is 9.31. The fourth-order valence-electron chi connectivity index (χ4n) is 6.69. The van der Waals surface area contributed by atoms with Gasteiger partial charge in [0, 0.05) is 35.6 Å². The Kier molecular flexibility index (Phi) is 6.59. The van der Waals surface area contributed by atoms with Gasteiger partial charge in [-0.15, -0.1) is 11.3 Å². The lowest BCUT2D eigenvalue weighted by Gasteiger charge is -2.35. The second-order valence-corrected chi connectivity index (χ2v) is 13.7. The molecule has 8 rings (SSSR count). The zero-order chi connectivity index (χ0) is 29.0. The van der Waals surface area contributed by atoms with Crippen LogP contribution in [0.15, 0.2) is 161 Å². The smallest absolute Gasteiger partial charge is 0.0728 e. The zero-order valence-electron chi connectivity index (χ0n) is 23.0. The van der Waals surface area contributed by atoms with Gasteiger partial charge in [0.1, 0.15) is 0 Å². The van der Waals surface area contributed by atoms with Crippen LogP contribution in [0.1, 0.15) is 22.3 Å². The molecule has 0 N–H and O–H groups in total. The molecule has 0 saturated carbocycles. The molecule has 0 bridgehead atoms. The Balaban J connectivity index is 1.48. The van der Waals surface area contributed by atoms with Crippen LogP contribution in [-0.4, -0.2) is 0 Å². The van der Waals surface area contributed by atoms with E-state index in [2.05, 4.69) is 188 Å². The minimum absolute atomic E-state index is 0.499. The number of anilines is 3. The van der Waals surface area contributed by atoms with E-state index in [0.717, 1.165) is 26.0 Å². The van der Waals surface area contributed by atoms with Crippen molar-refractivity contribution in [1.82, 2.24) is 0 Å². The maximum atomic E-state index is 3.70. The fraction of sp³-hybridized carbons (Fsp3) is 0.0256. The highest BCUT2D eigenvalue weighted by molar-refractivity contribution is 9.10. The highest BCUT2D eigenvalue weighted by atomic mass is 79.9. The van der Waals surface area contributed by atoms with Gasteiger partial charge in [-0.2, -0.15) is 0 Å². The summed E-state index contributed by atoms with van der Waals surface area (Å²) in [6, 6.07) is 55.1. The Morgan fingerprint density at radius 3 is 1.63 bits per heavy atom. The van der Waals surface area contributed by atoms with Crippen molar-refractivity contribution in [3.8, 4) is 10.4 Å². The van der Waals surface area contributed by atoms with Crippen LogP contribution in [0.4, 0.5) is 17.1 Å². The molecule has 6 aromatic carbocycles. The number of hydrogen-bond donors (Lipinski definition) is 0. The first kappa shape index (κ1) is 26.7. The number of fused-ring (bicyclic) bond motifs is 5. The van der Waals surface area contributed by atoms with Crippen LogP contribution >= 0.6 is 43.2 Å². The molecule has 206 valence electrons. The van der Waals surface area contributed by atoms with E-state index < -0.39 is 5.41 Å². The molecular weight excluding hydrogens is 674 g/mol. The molecule has 1 aliphatic carbocycles. The molecule has 1 aliphatic rings. The standard InChI is InChI=1S/C39H25Br2NS/c40-28-19-15-26(16-20-28)39(27-17-21-29(41)22-18-27)35-25-32(42(30-9-3-1-4-10-30)31-11-5-2-6-12-31)23-24-33(35)38-37(39)34-13-7-8-14-36(34)43-38/h1-25H. The van der Waals surface area contributed by atoms with E-state index in [1.54, 1.807) is 0 Å². The summed E-state index contributed by atoms with van der Waals surface area (Å²) in [5.41, 5.74) is 9.38. The van der Waals surface area contributed by atoms with Crippen molar-refractivity contribution in [2.75, 3.05) is 4.90 Å². The van der Waals surface area contributed by atoms with Crippen LogP contribution < -0.4 is 4.90 Å². The number of halogens is 2. The van der Waals surface area contributed by atoms with E-state index in [1.165, 1.54) is 42.8 Å². The average molecular weight is 700 g/mol. The number of hydrogen-bond acceptors (Lipinski definition) is 2. The van der Waals surface area contributed by atoms with Crippen molar-refractivity contribution in [3.05, 3.63) is 183 Å². The van der Waals surface area contributed by atoms with Crippen molar-refractivity contribution < 1.29 is 0 Å². The summed E-state index contributed by atoms with van der Waals surface area (Å²) in [5, 5.41) is 1.31. The predicted octanol–water partition coefficient (Wildman–Crippen LogP) is 12.3. The summed E-state index contributed by atoms with van der Waals surface area (Å²) < 4.78 is 3.46. The Bertz CT molecular complexity index is 2000. The molecule has 1 heterocycles. The third kappa shape index (κ3) is 4.23. The molecule has 0 amide bonds. The maximum absolute atomic E-state index is 3.70. The largest absolute Gasteiger partial charge is 0.310 e. The Morgan fingerprint density at radius 1 is 0.512 bits per heavy atom. The SMILES string of the molecule is Brc1ccc(C2(c3ccc(Br)cc3)c3cc(N(c4ccccc4)c4ccccc4)ccc3-c3sc4ccccc4c32)cc1. The van der Waals surface area contributed by atoms with Crippen LogP contribution in [0.3, 0.4) is 0 Å². The van der Waals surface area contributed by atoms with Crippen molar-refractivity contribution >= 4 is 70.3 Å². The van der Waals surface area contributed by atoms with Gasteiger partial charge in [0.05, 0.1) is 5.41 Å². The van der Waals surface area contributed by atoms with Gasteiger partial charge in [-0.3, -0.25) is 0 Å². The van der Waals surface area contributed by atoms with Gasteiger partial charge in [0.15, 0.2) is 0 Å². The minimum Gasteiger partial charge on any atom is -0.310 e. The topological polar surface area (TPSA) is 3.24 Å². The highest BCUT2D eigenvalue weighted by Gasteiger charge is 2.48. The molecule has 1 nitrogen and oxygen atoms in total. The van der Waals surface area contributed by atoms with Crippen LogP contribution in [0.25, 0.3) is 20.5 Å². The Labute approximate surface area is 272 Å². The quantitative estimate of drug-likeness (QED) is 0.173. The summed E-state index contributed by atoms with van der Waals surface area (Å²) in [6.45, 7) is 0. The molecule has 0 radical (unpaired) electrons. The predicted molar refractivity (Wildman–Crippen MR) is 189 cm³/mol. The lowest BCUT2D eigenvalue weighted by molar-refractivity contribution is 0.776. The van der Waals surface area contributed by atoms with Crippen LogP contribution in [0.5, 0.6) is 0 Å². The maximum Gasteiger partial charge on any atom is 0.0728 e. The van der Waals surface area contributed by atoms with Gasteiger partial charge in [0.25, 0.3) is 0 Å². The van der Waals surface area contributed by atoms with Gasteiger partial charge in [-0.1, -0.05) is 117 Å². The molecule has 0 spiro atoms. The van der Waals surface area contributed by atoms with Gasteiger partial charge in [-0.05, 0) is 99.9 Å². The zero-order valence-corrected chi connectivity index (χ0v) is 27.0. The number of benzene rings is 6.